The lowest BCUT2D eigenvalue weighted by Gasteiger charge is -2.23. The van der Waals surface area contributed by atoms with Crippen molar-refractivity contribution in [1.29, 1.82) is 0 Å². The van der Waals surface area contributed by atoms with Crippen molar-refractivity contribution in [2.45, 2.75) is 26.4 Å². The van der Waals surface area contributed by atoms with Gasteiger partial charge in [0.05, 0.1) is 13.0 Å². The first-order valence-corrected chi connectivity index (χ1v) is 11.4. The molecule has 4 heteroatoms. The van der Waals surface area contributed by atoms with Gasteiger partial charge >= 0.3 is 0 Å². The second-order valence-electron chi connectivity index (χ2n) is 8.35. The van der Waals surface area contributed by atoms with E-state index < -0.39 is 0 Å². The van der Waals surface area contributed by atoms with Gasteiger partial charge in [0.1, 0.15) is 0 Å². The zero-order valence-electron chi connectivity index (χ0n) is 19.3. The smallest absolute Gasteiger partial charge is 0.258 e. The fraction of sp³-hybridized carbons (Fsp3) is 0.133. The number of carbonyl (C=O) groups excluding carboxylic acids is 2. The quantitative estimate of drug-likeness (QED) is 0.376. The molecule has 0 aromatic heterocycles. The normalized spacial score (nSPS) is 10.5. The SMILES string of the molecule is Cc1ccc(C(=O)N(Cc2ccccc2)c2ccc(CC(=O)NCc3ccccc3)cc2)cc1. The highest BCUT2D eigenvalue weighted by molar-refractivity contribution is 6.06. The molecule has 0 spiro atoms. The number of anilines is 1. The topological polar surface area (TPSA) is 49.4 Å². The Kier molecular flexibility index (Phi) is 7.51. The number of nitrogens with zero attached hydrogens (tertiary/aromatic N) is 1. The maximum Gasteiger partial charge on any atom is 0.258 e. The first-order chi connectivity index (χ1) is 16.6. The van der Waals surface area contributed by atoms with E-state index in [0.717, 1.165) is 27.9 Å². The van der Waals surface area contributed by atoms with E-state index in [0.29, 0.717) is 18.7 Å². The van der Waals surface area contributed by atoms with Crippen LogP contribution in [0.4, 0.5) is 5.69 Å². The van der Waals surface area contributed by atoms with Gasteiger partial charge in [0.25, 0.3) is 5.91 Å². The van der Waals surface area contributed by atoms with Crippen LogP contribution in [0.25, 0.3) is 0 Å². The van der Waals surface area contributed by atoms with Crippen molar-refractivity contribution in [3.63, 3.8) is 0 Å². The second-order valence-corrected chi connectivity index (χ2v) is 8.35. The average Bonchev–Trinajstić information content (AvgIpc) is 2.88. The van der Waals surface area contributed by atoms with Crippen LogP contribution in [0.5, 0.6) is 0 Å². The van der Waals surface area contributed by atoms with Gasteiger partial charge in [-0.25, -0.2) is 0 Å². The van der Waals surface area contributed by atoms with E-state index in [4.69, 9.17) is 0 Å². The highest BCUT2D eigenvalue weighted by Gasteiger charge is 2.18. The Morgan fingerprint density at radius 2 is 1.26 bits per heavy atom. The highest BCUT2D eigenvalue weighted by Crippen LogP contribution is 2.22. The van der Waals surface area contributed by atoms with Gasteiger partial charge in [0.15, 0.2) is 0 Å². The Morgan fingerprint density at radius 1 is 0.676 bits per heavy atom. The predicted octanol–water partition coefficient (Wildman–Crippen LogP) is 5.70. The van der Waals surface area contributed by atoms with Gasteiger partial charge in [-0.1, -0.05) is 90.5 Å². The fourth-order valence-electron chi connectivity index (χ4n) is 3.74. The standard InChI is InChI=1S/C30H28N2O2/c1-23-12-16-27(17-13-23)30(34)32(22-26-10-6-3-7-11-26)28-18-14-24(15-19-28)20-29(33)31-21-25-8-4-2-5-9-25/h2-19H,20-22H2,1H3,(H,31,33). The van der Waals surface area contributed by atoms with E-state index in [1.807, 2.05) is 116 Å². The summed E-state index contributed by atoms with van der Waals surface area (Å²) in [7, 11) is 0. The molecule has 170 valence electrons. The van der Waals surface area contributed by atoms with E-state index in [2.05, 4.69) is 5.32 Å². The maximum atomic E-state index is 13.4. The molecule has 0 unspecified atom stereocenters. The molecule has 1 N–H and O–H groups in total. The Balaban J connectivity index is 1.48. The molecule has 2 amide bonds. The number of benzene rings is 4. The van der Waals surface area contributed by atoms with Crippen LogP contribution in [0.1, 0.15) is 32.6 Å². The zero-order valence-corrected chi connectivity index (χ0v) is 19.3. The molecule has 0 saturated carbocycles. The molecule has 0 heterocycles. The lowest BCUT2D eigenvalue weighted by molar-refractivity contribution is -0.120. The summed E-state index contributed by atoms with van der Waals surface area (Å²) in [5.41, 5.74) is 5.57. The van der Waals surface area contributed by atoms with Crippen LogP contribution < -0.4 is 10.2 Å². The van der Waals surface area contributed by atoms with E-state index in [-0.39, 0.29) is 18.2 Å². The fourth-order valence-corrected chi connectivity index (χ4v) is 3.74. The van der Waals surface area contributed by atoms with Crippen LogP contribution >= 0.6 is 0 Å². The van der Waals surface area contributed by atoms with Crippen molar-refractivity contribution in [3.05, 3.63) is 137 Å². The third-order valence-electron chi connectivity index (χ3n) is 5.67. The van der Waals surface area contributed by atoms with Crippen molar-refractivity contribution in [2.75, 3.05) is 4.90 Å². The molecule has 4 nitrogen and oxygen atoms in total. The summed E-state index contributed by atoms with van der Waals surface area (Å²) in [5, 5.41) is 2.96. The van der Waals surface area contributed by atoms with Gasteiger partial charge in [0.2, 0.25) is 5.91 Å². The Labute approximate surface area is 200 Å². The summed E-state index contributed by atoms with van der Waals surface area (Å²) in [6, 6.07) is 35.1. The molecule has 0 fully saturated rings. The van der Waals surface area contributed by atoms with Crippen LogP contribution in [0.15, 0.2) is 109 Å². The largest absolute Gasteiger partial charge is 0.352 e. The molecule has 0 atom stereocenters. The summed E-state index contributed by atoms with van der Waals surface area (Å²) in [5.74, 6) is -0.0920. The summed E-state index contributed by atoms with van der Waals surface area (Å²) in [6.45, 7) is 2.98. The summed E-state index contributed by atoms with van der Waals surface area (Å²) >= 11 is 0. The molecule has 0 bridgehead atoms. The van der Waals surface area contributed by atoms with Gasteiger partial charge in [-0.15, -0.1) is 0 Å². The maximum absolute atomic E-state index is 13.4. The summed E-state index contributed by atoms with van der Waals surface area (Å²) in [6.07, 6.45) is 0.289. The molecule has 0 aliphatic rings. The van der Waals surface area contributed by atoms with Crippen LogP contribution in [0.2, 0.25) is 0 Å². The van der Waals surface area contributed by atoms with Crippen LogP contribution in [0.3, 0.4) is 0 Å². The number of carbonyl (C=O) groups is 2. The van der Waals surface area contributed by atoms with Crippen LogP contribution in [0, 0.1) is 6.92 Å². The van der Waals surface area contributed by atoms with Gasteiger partial charge in [-0.2, -0.15) is 0 Å². The molecule has 0 radical (unpaired) electrons. The van der Waals surface area contributed by atoms with Crippen molar-refractivity contribution in [1.82, 2.24) is 5.32 Å². The monoisotopic (exact) mass is 448 g/mol. The number of nitrogens with one attached hydrogen (secondary N) is 1. The Morgan fingerprint density at radius 3 is 1.88 bits per heavy atom. The van der Waals surface area contributed by atoms with Crippen LogP contribution in [-0.2, 0) is 24.3 Å². The van der Waals surface area contributed by atoms with E-state index in [1.54, 1.807) is 4.90 Å². The number of amides is 2. The van der Waals surface area contributed by atoms with E-state index in [1.165, 1.54) is 0 Å². The summed E-state index contributed by atoms with van der Waals surface area (Å²) in [4.78, 5) is 27.6. The molecular formula is C30H28N2O2. The minimum absolute atomic E-state index is 0.0338. The number of hydrogen-bond acceptors (Lipinski definition) is 2. The molecule has 4 aromatic carbocycles. The molecule has 0 saturated heterocycles. The number of rotatable bonds is 8. The molecule has 34 heavy (non-hydrogen) atoms. The van der Waals surface area contributed by atoms with Gasteiger partial charge < -0.3 is 10.2 Å². The third kappa shape index (κ3) is 6.20. The average molecular weight is 449 g/mol. The molecule has 4 aromatic rings. The van der Waals surface area contributed by atoms with Crippen molar-refractivity contribution >= 4 is 17.5 Å². The van der Waals surface area contributed by atoms with E-state index in [9.17, 15) is 9.59 Å². The summed E-state index contributed by atoms with van der Waals surface area (Å²) < 4.78 is 0. The third-order valence-corrected chi connectivity index (χ3v) is 5.67. The minimum atomic E-state index is -0.0581. The van der Waals surface area contributed by atoms with Crippen molar-refractivity contribution in [2.24, 2.45) is 0 Å². The predicted molar refractivity (Wildman–Crippen MR) is 137 cm³/mol. The van der Waals surface area contributed by atoms with Gasteiger partial charge in [0, 0.05) is 17.8 Å². The number of aryl methyl sites for hydroxylation is 1. The lowest BCUT2D eigenvalue weighted by atomic mass is 10.1. The van der Waals surface area contributed by atoms with Crippen molar-refractivity contribution < 1.29 is 9.59 Å². The Bertz CT molecular complexity index is 1220. The number of hydrogen-bond donors (Lipinski definition) is 1. The molecule has 0 aliphatic carbocycles. The molecule has 4 rings (SSSR count). The minimum Gasteiger partial charge on any atom is -0.352 e. The lowest BCUT2D eigenvalue weighted by Crippen LogP contribution is -2.30. The van der Waals surface area contributed by atoms with Gasteiger partial charge in [-0.05, 0) is 47.9 Å². The first-order valence-electron chi connectivity index (χ1n) is 11.4. The molecular weight excluding hydrogens is 420 g/mol. The van der Waals surface area contributed by atoms with Crippen molar-refractivity contribution in [3.8, 4) is 0 Å². The second kappa shape index (κ2) is 11.1. The zero-order chi connectivity index (χ0) is 23.8. The van der Waals surface area contributed by atoms with Crippen LogP contribution in [-0.4, -0.2) is 11.8 Å². The highest BCUT2D eigenvalue weighted by atomic mass is 16.2. The van der Waals surface area contributed by atoms with Gasteiger partial charge in [-0.3, -0.25) is 9.59 Å². The Hall–Kier alpha value is -4.18. The first kappa shape index (κ1) is 23.0. The van der Waals surface area contributed by atoms with E-state index >= 15 is 0 Å². The molecule has 0 aliphatic heterocycles.